The van der Waals surface area contributed by atoms with Gasteiger partial charge in [-0.1, -0.05) is 13.8 Å². The molecule has 4 heteroatoms. The van der Waals surface area contributed by atoms with E-state index in [1.165, 1.54) is 43.6 Å². The second-order valence-electron chi connectivity index (χ2n) is 6.22. The van der Waals surface area contributed by atoms with Crippen molar-refractivity contribution in [1.82, 2.24) is 4.90 Å². The number of nitrogens with zero attached hydrogens (tertiary/aromatic N) is 1. The van der Waals surface area contributed by atoms with Gasteiger partial charge in [0.15, 0.2) is 0 Å². The zero-order valence-corrected chi connectivity index (χ0v) is 14.0. The molecule has 1 N–H and O–H groups in total. The van der Waals surface area contributed by atoms with Gasteiger partial charge in [0.1, 0.15) is 0 Å². The molecule has 0 aromatic rings. The highest BCUT2D eigenvalue weighted by atomic mass is 32.2. The van der Waals surface area contributed by atoms with Gasteiger partial charge in [-0.05, 0) is 50.0 Å². The van der Waals surface area contributed by atoms with Crippen LogP contribution in [-0.4, -0.2) is 59.0 Å². The van der Waals surface area contributed by atoms with Crippen LogP contribution in [0.4, 0.5) is 0 Å². The molecule has 1 unspecified atom stereocenters. The van der Waals surface area contributed by atoms with E-state index in [-0.39, 0.29) is 12.2 Å². The van der Waals surface area contributed by atoms with Crippen molar-refractivity contribution in [1.29, 1.82) is 0 Å². The van der Waals surface area contributed by atoms with Gasteiger partial charge in [-0.15, -0.1) is 0 Å². The lowest BCUT2D eigenvalue weighted by atomic mass is 9.84. The SMILES string of the molecule is CCC(CC)N(CCO)C1CCOC2(CCSCC2)C1. The van der Waals surface area contributed by atoms with Gasteiger partial charge in [0.2, 0.25) is 0 Å². The predicted molar refractivity (Wildman–Crippen MR) is 86.4 cm³/mol. The van der Waals surface area contributed by atoms with Gasteiger partial charge in [0.05, 0.1) is 12.2 Å². The Balaban J connectivity index is 2.04. The van der Waals surface area contributed by atoms with Gasteiger partial charge in [-0.2, -0.15) is 11.8 Å². The summed E-state index contributed by atoms with van der Waals surface area (Å²) < 4.78 is 6.21. The maximum atomic E-state index is 9.43. The molecule has 2 aliphatic heterocycles. The zero-order valence-electron chi connectivity index (χ0n) is 13.1. The highest BCUT2D eigenvalue weighted by Gasteiger charge is 2.41. The summed E-state index contributed by atoms with van der Waals surface area (Å²) in [5.41, 5.74) is 0.147. The minimum absolute atomic E-state index is 0.147. The van der Waals surface area contributed by atoms with Gasteiger partial charge < -0.3 is 9.84 Å². The zero-order chi connectivity index (χ0) is 14.4. The van der Waals surface area contributed by atoms with Crippen molar-refractivity contribution in [2.45, 2.75) is 70.1 Å². The molecule has 0 bridgehead atoms. The lowest BCUT2D eigenvalue weighted by Gasteiger charge is -2.48. The standard InChI is InChI=1S/C16H31NO2S/c1-3-14(4-2)17(8-9-18)15-5-10-19-16(13-15)6-11-20-12-7-16/h14-15,18H,3-13H2,1-2H3. The van der Waals surface area contributed by atoms with E-state index >= 15 is 0 Å². The lowest BCUT2D eigenvalue weighted by Crippen LogP contribution is -2.53. The number of hydrogen-bond acceptors (Lipinski definition) is 4. The third-order valence-corrected chi connectivity index (χ3v) is 6.10. The minimum Gasteiger partial charge on any atom is -0.395 e. The Bertz CT molecular complexity index is 272. The Morgan fingerprint density at radius 1 is 1.30 bits per heavy atom. The summed E-state index contributed by atoms with van der Waals surface area (Å²) >= 11 is 2.06. The van der Waals surface area contributed by atoms with Crippen molar-refractivity contribution in [2.75, 3.05) is 31.3 Å². The molecule has 2 aliphatic rings. The Morgan fingerprint density at radius 3 is 2.60 bits per heavy atom. The largest absolute Gasteiger partial charge is 0.395 e. The highest BCUT2D eigenvalue weighted by molar-refractivity contribution is 7.99. The second-order valence-corrected chi connectivity index (χ2v) is 7.45. The smallest absolute Gasteiger partial charge is 0.0713 e. The Labute approximate surface area is 128 Å². The molecule has 0 aromatic heterocycles. The molecule has 0 radical (unpaired) electrons. The number of aliphatic hydroxyl groups is 1. The highest BCUT2D eigenvalue weighted by Crippen LogP contribution is 2.39. The minimum atomic E-state index is 0.147. The van der Waals surface area contributed by atoms with Crippen LogP contribution < -0.4 is 0 Å². The molecule has 0 amide bonds. The van der Waals surface area contributed by atoms with E-state index in [9.17, 15) is 5.11 Å². The van der Waals surface area contributed by atoms with E-state index in [0.717, 1.165) is 19.6 Å². The molecule has 20 heavy (non-hydrogen) atoms. The fourth-order valence-electron chi connectivity index (χ4n) is 3.91. The topological polar surface area (TPSA) is 32.7 Å². The van der Waals surface area contributed by atoms with Gasteiger partial charge in [0.25, 0.3) is 0 Å². The number of aliphatic hydroxyl groups excluding tert-OH is 1. The molecule has 2 heterocycles. The van der Waals surface area contributed by atoms with Crippen molar-refractivity contribution >= 4 is 11.8 Å². The van der Waals surface area contributed by atoms with E-state index in [2.05, 4.69) is 30.5 Å². The number of thioether (sulfide) groups is 1. The van der Waals surface area contributed by atoms with Crippen LogP contribution in [0.1, 0.15) is 52.4 Å². The monoisotopic (exact) mass is 301 g/mol. The molecule has 3 nitrogen and oxygen atoms in total. The van der Waals surface area contributed by atoms with Crippen molar-refractivity contribution in [2.24, 2.45) is 0 Å². The van der Waals surface area contributed by atoms with Crippen molar-refractivity contribution in [3.05, 3.63) is 0 Å². The number of hydrogen-bond donors (Lipinski definition) is 1. The maximum absolute atomic E-state index is 9.43. The van der Waals surface area contributed by atoms with Crippen LogP contribution in [0.5, 0.6) is 0 Å². The average molecular weight is 301 g/mol. The van der Waals surface area contributed by atoms with Gasteiger partial charge >= 0.3 is 0 Å². The fraction of sp³-hybridized carbons (Fsp3) is 1.00. The third kappa shape index (κ3) is 3.90. The Morgan fingerprint density at radius 2 is 2.00 bits per heavy atom. The molecule has 118 valence electrons. The van der Waals surface area contributed by atoms with Crippen molar-refractivity contribution in [3.63, 3.8) is 0 Å². The van der Waals surface area contributed by atoms with Crippen LogP contribution in [0.25, 0.3) is 0 Å². The number of rotatable bonds is 6. The van der Waals surface area contributed by atoms with E-state index in [1.807, 2.05) is 0 Å². The molecule has 1 spiro atoms. The van der Waals surface area contributed by atoms with Crippen LogP contribution in [-0.2, 0) is 4.74 Å². The van der Waals surface area contributed by atoms with Crippen LogP contribution in [0.2, 0.25) is 0 Å². The summed E-state index contributed by atoms with van der Waals surface area (Å²) in [7, 11) is 0. The maximum Gasteiger partial charge on any atom is 0.0713 e. The molecule has 1 atom stereocenters. The first-order valence-corrected chi connectivity index (χ1v) is 9.48. The van der Waals surface area contributed by atoms with E-state index in [4.69, 9.17) is 4.74 Å². The molecular formula is C16H31NO2S. The summed E-state index contributed by atoms with van der Waals surface area (Å²) in [5, 5.41) is 9.43. The van der Waals surface area contributed by atoms with Gasteiger partial charge in [-0.3, -0.25) is 4.90 Å². The first-order chi connectivity index (χ1) is 9.74. The first-order valence-electron chi connectivity index (χ1n) is 8.33. The summed E-state index contributed by atoms with van der Waals surface area (Å²) in [5.74, 6) is 2.50. The quantitative estimate of drug-likeness (QED) is 0.818. The molecule has 2 saturated heterocycles. The Kier molecular flexibility index (Phi) is 6.66. The number of ether oxygens (including phenoxy) is 1. The molecule has 0 aliphatic carbocycles. The van der Waals surface area contributed by atoms with Crippen LogP contribution in [0.15, 0.2) is 0 Å². The van der Waals surface area contributed by atoms with Gasteiger partial charge in [-0.25, -0.2) is 0 Å². The predicted octanol–water partition coefficient (Wildman–Crippen LogP) is 2.91. The molecule has 2 rings (SSSR count). The lowest BCUT2D eigenvalue weighted by molar-refractivity contribution is -0.116. The van der Waals surface area contributed by atoms with E-state index in [0.29, 0.717) is 12.1 Å². The van der Waals surface area contributed by atoms with Crippen molar-refractivity contribution in [3.8, 4) is 0 Å². The fourth-order valence-corrected chi connectivity index (χ4v) is 5.15. The Hall–Kier alpha value is 0.230. The van der Waals surface area contributed by atoms with Crippen LogP contribution >= 0.6 is 11.8 Å². The molecule has 0 aromatic carbocycles. The third-order valence-electron chi connectivity index (χ3n) is 5.11. The van der Waals surface area contributed by atoms with Crippen molar-refractivity contribution < 1.29 is 9.84 Å². The van der Waals surface area contributed by atoms with Crippen LogP contribution in [0.3, 0.4) is 0 Å². The summed E-state index contributed by atoms with van der Waals surface area (Å²) in [6.07, 6.45) is 7.08. The first kappa shape index (κ1) is 16.6. The average Bonchev–Trinajstić information content (AvgIpc) is 2.48. The summed E-state index contributed by atoms with van der Waals surface area (Å²) in [4.78, 5) is 2.58. The second kappa shape index (κ2) is 8.02. The summed E-state index contributed by atoms with van der Waals surface area (Å²) in [6.45, 7) is 6.53. The van der Waals surface area contributed by atoms with E-state index in [1.54, 1.807) is 0 Å². The van der Waals surface area contributed by atoms with Crippen LogP contribution in [0, 0.1) is 0 Å². The molecule has 0 saturated carbocycles. The molecule has 2 fully saturated rings. The van der Waals surface area contributed by atoms with E-state index < -0.39 is 0 Å². The van der Waals surface area contributed by atoms with Gasteiger partial charge in [0, 0.05) is 25.2 Å². The summed E-state index contributed by atoms with van der Waals surface area (Å²) in [6, 6.07) is 1.21. The normalized spacial score (nSPS) is 26.6. The molecular weight excluding hydrogens is 270 g/mol.